The van der Waals surface area contributed by atoms with Gasteiger partial charge in [-0.2, -0.15) is 0 Å². The zero-order valence-corrected chi connectivity index (χ0v) is 16.1. The number of guanidine groups is 1. The van der Waals surface area contributed by atoms with E-state index < -0.39 is 10.0 Å². The Morgan fingerprint density at radius 1 is 1.16 bits per heavy atom. The van der Waals surface area contributed by atoms with E-state index in [-0.39, 0.29) is 4.90 Å². The normalized spacial score (nSPS) is 12.4. The topological polar surface area (TPSA) is 106 Å². The van der Waals surface area contributed by atoms with Crippen molar-refractivity contribution in [2.75, 3.05) is 33.4 Å². The van der Waals surface area contributed by atoms with E-state index in [2.05, 4.69) is 29.5 Å². The largest absolute Gasteiger partial charge is 0.380 e. The predicted octanol–water partition coefficient (Wildman–Crippen LogP) is 1.10. The lowest BCUT2D eigenvalue weighted by atomic mass is 10.1. The number of sulfonamides is 1. The quantitative estimate of drug-likeness (QED) is 0.325. The molecule has 0 amide bonds. The molecule has 1 aromatic carbocycles. The van der Waals surface area contributed by atoms with Crippen molar-refractivity contribution in [1.82, 2.24) is 10.6 Å². The highest BCUT2D eigenvalue weighted by molar-refractivity contribution is 7.89. The molecule has 0 heterocycles. The highest BCUT2D eigenvalue weighted by atomic mass is 32.2. The van der Waals surface area contributed by atoms with Crippen LogP contribution in [0.25, 0.3) is 0 Å². The van der Waals surface area contributed by atoms with Crippen LogP contribution in [0, 0.1) is 5.92 Å². The predicted molar refractivity (Wildman–Crippen MR) is 101 cm³/mol. The van der Waals surface area contributed by atoms with E-state index in [9.17, 15) is 8.42 Å². The Hall–Kier alpha value is -1.64. The summed E-state index contributed by atoms with van der Waals surface area (Å²) in [7, 11) is -1.92. The van der Waals surface area contributed by atoms with Crippen LogP contribution < -0.4 is 15.8 Å². The molecule has 0 aromatic heterocycles. The molecule has 0 aliphatic heterocycles. The van der Waals surface area contributed by atoms with Crippen molar-refractivity contribution in [3.8, 4) is 0 Å². The molecule has 0 aliphatic rings. The molecule has 0 saturated heterocycles. The average Bonchev–Trinajstić information content (AvgIpc) is 2.55. The minimum absolute atomic E-state index is 0.124. The third kappa shape index (κ3) is 9.42. The fraction of sp³-hybridized carbons (Fsp3) is 0.588. The fourth-order valence-corrected chi connectivity index (χ4v) is 2.57. The van der Waals surface area contributed by atoms with E-state index >= 15 is 0 Å². The first-order valence-corrected chi connectivity index (χ1v) is 10.0. The highest BCUT2D eigenvalue weighted by Crippen LogP contribution is 2.08. The lowest BCUT2D eigenvalue weighted by Crippen LogP contribution is -2.39. The van der Waals surface area contributed by atoms with E-state index in [0.717, 1.165) is 25.0 Å². The number of nitrogens with one attached hydrogen (secondary N) is 2. The van der Waals surface area contributed by atoms with Gasteiger partial charge < -0.3 is 15.4 Å². The third-order valence-electron chi connectivity index (χ3n) is 3.56. The van der Waals surface area contributed by atoms with E-state index in [1.54, 1.807) is 19.2 Å². The number of primary sulfonamides is 1. The van der Waals surface area contributed by atoms with Gasteiger partial charge in [-0.05, 0) is 36.5 Å². The average molecular weight is 371 g/mol. The van der Waals surface area contributed by atoms with Crippen molar-refractivity contribution >= 4 is 16.0 Å². The van der Waals surface area contributed by atoms with Crippen LogP contribution in [-0.2, 0) is 21.2 Å². The molecule has 7 nitrogen and oxygen atoms in total. The first-order valence-electron chi connectivity index (χ1n) is 8.47. The van der Waals surface area contributed by atoms with Crippen LogP contribution in [0.2, 0.25) is 0 Å². The Balaban J connectivity index is 2.24. The van der Waals surface area contributed by atoms with Crippen molar-refractivity contribution in [2.24, 2.45) is 16.0 Å². The number of hydrogen-bond acceptors (Lipinski definition) is 4. The van der Waals surface area contributed by atoms with E-state index in [1.165, 1.54) is 12.1 Å². The zero-order chi connectivity index (χ0) is 18.7. The maximum Gasteiger partial charge on any atom is 0.238 e. The molecule has 142 valence electrons. The van der Waals surface area contributed by atoms with Crippen LogP contribution >= 0.6 is 0 Å². The van der Waals surface area contributed by atoms with Gasteiger partial charge >= 0.3 is 0 Å². The van der Waals surface area contributed by atoms with Crippen LogP contribution in [0.1, 0.15) is 25.8 Å². The number of benzene rings is 1. The minimum Gasteiger partial charge on any atom is -0.380 e. The van der Waals surface area contributed by atoms with Gasteiger partial charge in [-0.1, -0.05) is 26.0 Å². The van der Waals surface area contributed by atoms with Gasteiger partial charge in [-0.15, -0.1) is 0 Å². The molecule has 0 unspecified atom stereocenters. The van der Waals surface area contributed by atoms with Crippen molar-refractivity contribution < 1.29 is 13.2 Å². The number of rotatable bonds is 10. The molecule has 0 atom stereocenters. The molecule has 0 bridgehead atoms. The second-order valence-corrected chi connectivity index (χ2v) is 7.72. The summed E-state index contributed by atoms with van der Waals surface area (Å²) in [6.45, 7) is 7.15. The molecule has 0 fully saturated rings. The standard InChI is InChI=1S/C17H30N4O3S/c1-14(2)9-12-24-13-11-21-17(19-3)20-10-8-15-4-6-16(7-5-15)25(18,22)23/h4-7,14H,8-13H2,1-3H3,(H2,18,22,23)(H2,19,20,21). The summed E-state index contributed by atoms with van der Waals surface area (Å²) in [6.07, 6.45) is 1.81. The van der Waals surface area contributed by atoms with Crippen molar-refractivity contribution in [2.45, 2.75) is 31.6 Å². The van der Waals surface area contributed by atoms with Crippen molar-refractivity contribution in [3.63, 3.8) is 0 Å². The number of ether oxygens (including phenoxy) is 1. The molecule has 0 saturated carbocycles. The Morgan fingerprint density at radius 2 is 1.80 bits per heavy atom. The van der Waals surface area contributed by atoms with Gasteiger partial charge in [0.2, 0.25) is 10.0 Å². The zero-order valence-electron chi connectivity index (χ0n) is 15.3. The summed E-state index contributed by atoms with van der Waals surface area (Å²) in [5.74, 6) is 1.37. The van der Waals surface area contributed by atoms with E-state index in [4.69, 9.17) is 9.88 Å². The summed E-state index contributed by atoms with van der Waals surface area (Å²) in [6, 6.07) is 6.57. The molecule has 0 spiro atoms. The summed E-state index contributed by atoms with van der Waals surface area (Å²) >= 11 is 0. The van der Waals surface area contributed by atoms with Crippen LogP contribution in [0.5, 0.6) is 0 Å². The maximum atomic E-state index is 11.2. The SMILES string of the molecule is CN=C(NCCOCCC(C)C)NCCc1ccc(S(N)(=O)=O)cc1. The smallest absolute Gasteiger partial charge is 0.238 e. The van der Waals surface area contributed by atoms with Crippen LogP contribution in [-0.4, -0.2) is 47.7 Å². The number of nitrogens with zero attached hydrogens (tertiary/aromatic N) is 1. The van der Waals surface area contributed by atoms with Gasteiger partial charge in [0.25, 0.3) is 0 Å². The molecule has 1 aromatic rings. The van der Waals surface area contributed by atoms with Crippen LogP contribution in [0.4, 0.5) is 0 Å². The number of aliphatic imine (C=N–C) groups is 1. The summed E-state index contributed by atoms with van der Waals surface area (Å²) in [5.41, 5.74) is 1.02. The first kappa shape index (κ1) is 21.4. The Labute approximate surface area is 151 Å². The Morgan fingerprint density at radius 3 is 2.36 bits per heavy atom. The number of hydrogen-bond donors (Lipinski definition) is 3. The second kappa shape index (κ2) is 11.1. The molecule has 1 rings (SSSR count). The monoisotopic (exact) mass is 370 g/mol. The van der Waals surface area contributed by atoms with Gasteiger partial charge in [0.1, 0.15) is 0 Å². The molecule has 8 heteroatoms. The third-order valence-corrected chi connectivity index (χ3v) is 4.49. The Bertz CT molecular complexity index is 628. The first-order chi connectivity index (χ1) is 11.8. The van der Waals surface area contributed by atoms with Crippen LogP contribution in [0.15, 0.2) is 34.2 Å². The number of nitrogens with two attached hydrogens (primary N) is 1. The van der Waals surface area contributed by atoms with E-state index in [0.29, 0.717) is 31.6 Å². The molecule has 4 N–H and O–H groups in total. The van der Waals surface area contributed by atoms with Crippen molar-refractivity contribution in [1.29, 1.82) is 0 Å². The second-order valence-electron chi connectivity index (χ2n) is 6.16. The van der Waals surface area contributed by atoms with Crippen LogP contribution in [0.3, 0.4) is 0 Å². The van der Waals surface area contributed by atoms with E-state index in [1.807, 2.05) is 0 Å². The highest BCUT2D eigenvalue weighted by Gasteiger charge is 2.06. The van der Waals surface area contributed by atoms with Gasteiger partial charge in [0.15, 0.2) is 5.96 Å². The van der Waals surface area contributed by atoms with Gasteiger partial charge in [0, 0.05) is 26.7 Å². The molecule has 0 radical (unpaired) electrons. The lowest BCUT2D eigenvalue weighted by molar-refractivity contribution is 0.128. The maximum absolute atomic E-state index is 11.2. The summed E-state index contributed by atoms with van der Waals surface area (Å²) < 4.78 is 28.0. The lowest BCUT2D eigenvalue weighted by Gasteiger charge is -2.12. The fourth-order valence-electron chi connectivity index (χ4n) is 2.05. The molecular formula is C17H30N4O3S. The van der Waals surface area contributed by atoms with Gasteiger partial charge in [0.05, 0.1) is 11.5 Å². The molecule has 25 heavy (non-hydrogen) atoms. The minimum atomic E-state index is -3.64. The Kier molecular flexibility index (Phi) is 9.48. The summed E-state index contributed by atoms with van der Waals surface area (Å²) in [4.78, 5) is 4.28. The molecular weight excluding hydrogens is 340 g/mol. The summed E-state index contributed by atoms with van der Waals surface area (Å²) in [5, 5.41) is 11.5. The van der Waals surface area contributed by atoms with Gasteiger partial charge in [-0.25, -0.2) is 13.6 Å². The van der Waals surface area contributed by atoms with Crippen molar-refractivity contribution in [3.05, 3.63) is 29.8 Å². The molecule has 0 aliphatic carbocycles. The van der Waals surface area contributed by atoms with Gasteiger partial charge in [-0.3, -0.25) is 4.99 Å².